The Morgan fingerprint density at radius 1 is 1.06 bits per heavy atom. The van der Waals surface area contributed by atoms with E-state index in [1.807, 2.05) is 6.07 Å². The average molecular weight is 304 g/mol. The van der Waals surface area contributed by atoms with Crippen LogP contribution in [-0.2, 0) is 5.41 Å². The summed E-state index contributed by atoms with van der Waals surface area (Å²) in [5, 5.41) is 5.80. The third-order valence-corrected chi connectivity index (χ3v) is 3.40. The lowest BCUT2D eigenvalue weighted by atomic mass is 9.92. The maximum atomic E-state index is 6.22. The minimum atomic E-state index is -0.0528. The summed E-state index contributed by atoms with van der Waals surface area (Å²) in [4.78, 5) is 0. The van der Waals surface area contributed by atoms with E-state index in [0.29, 0.717) is 20.8 Å². The SMILES string of the molecule is CC(C)(C)c1ccnn1-c1c(Cl)cc(Cl)cc1Cl. The van der Waals surface area contributed by atoms with Crippen LogP contribution in [-0.4, -0.2) is 9.78 Å². The van der Waals surface area contributed by atoms with E-state index >= 15 is 0 Å². The van der Waals surface area contributed by atoms with E-state index in [1.54, 1.807) is 23.0 Å². The summed E-state index contributed by atoms with van der Waals surface area (Å²) in [5.41, 5.74) is 1.65. The summed E-state index contributed by atoms with van der Waals surface area (Å²) < 4.78 is 1.76. The summed E-state index contributed by atoms with van der Waals surface area (Å²) in [6.45, 7) is 6.33. The molecule has 0 saturated carbocycles. The molecule has 1 aromatic heterocycles. The van der Waals surface area contributed by atoms with Crippen LogP contribution in [0.4, 0.5) is 0 Å². The van der Waals surface area contributed by atoms with Crippen molar-refractivity contribution in [1.82, 2.24) is 9.78 Å². The summed E-state index contributed by atoms with van der Waals surface area (Å²) in [6, 6.07) is 5.29. The molecule has 2 nitrogen and oxygen atoms in total. The molecule has 0 bridgehead atoms. The monoisotopic (exact) mass is 302 g/mol. The lowest BCUT2D eigenvalue weighted by molar-refractivity contribution is 0.544. The molecule has 0 aliphatic carbocycles. The van der Waals surface area contributed by atoms with Crippen LogP contribution in [0.5, 0.6) is 0 Å². The van der Waals surface area contributed by atoms with Crippen LogP contribution in [0.25, 0.3) is 5.69 Å². The Kier molecular flexibility index (Phi) is 3.63. The summed E-state index contributed by atoms with van der Waals surface area (Å²) >= 11 is 18.4. The molecule has 0 unspecified atom stereocenters. The Labute approximate surface area is 121 Å². The van der Waals surface area contributed by atoms with E-state index in [0.717, 1.165) is 5.69 Å². The first-order valence-electron chi connectivity index (χ1n) is 5.50. The predicted molar refractivity (Wildman–Crippen MR) is 77.3 cm³/mol. The van der Waals surface area contributed by atoms with E-state index in [1.165, 1.54) is 0 Å². The fourth-order valence-electron chi connectivity index (χ4n) is 1.79. The minimum absolute atomic E-state index is 0.0528. The summed E-state index contributed by atoms with van der Waals surface area (Å²) in [6.07, 6.45) is 1.74. The molecule has 2 rings (SSSR count). The third kappa shape index (κ3) is 2.51. The van der Waals surface area contributed by atoms with E-state index in [2.05, 4.69) is 25.9 Å². The number of nitrogens with zero attached hydrogens (tertiary/aromatic N) is 2. The number of hydrogen-bond acceptors (Lipinski definition) is 1. The average Bonchev–Trinajstić information content (AvgIpc) is 2.63. The predicted octanol–water partition coefficient (Wildman–Crippen LogP) is 5.13. The second-order valence-corrected chi connectivity index (χ2v) is 6.35. The van der Waals surface area contributed by atoms with E-state index in [4.69, 9.17) is 34.8 Å². The van der Waals surface area contributed by atoms with Crippen molar-refractivity contribution >= 4 is 34.8 Å². The van der Waals surface area contributed by atoms with Crippen LogP contribution in [0.15, 0.2) is 24.4 Å². The highest BCUT2D eigenvalue weighted by Gasteiger charge is 2.22. The molecule has 18 heavy (non-hydrogen) atoms. The van der Waals surface area contributed by atoms with Gasteiger partial charge in [-0.25, -0.2) is 4.68 Å². The number of rotatable bonds is 1. The molecule has 5 heteroatoms. The van der Waals surface area contributed by atoms with Crippen LogP contribution in [0.1, 0.15) is 26.5 Å². The molecule has 0 aliphatic rings. The highest BCUT2D eigenvalue weighted by atomic mass is 35.5. The van der Waals surface area contributed by atoms with Crippen molar-refractivity contribution in [2.24, 2.45) is 0 Å². The number of hydrogen-bond donors (Lipinski definition) is 0. The fourth-order valence-corrected chi connectivity index (χ4v) is 2.76. The van der Waals surface area contributed by atoms with Crippen molar-refractivity contribution in [3.05, 3.63) is 45.2 Å². The van der Waals surface area contributed by atoms with Gasteiger partial charge in [0.1, 0.15) is 5.69 Å². The van der Waals surface area contributed by atoms with Crippen LogP contribution in [0.2, 0.25) is 15.1 Å². The van der Waals surface area contributed by atoms with E-state index < -0.39 is 0 Å². The van der Waals surface area contributed by atoms with Gasteiger partial charge in [-0.2, -0.15) is 5.10 Å². The molecule has 0 saturated heterocycles. The highest BCUT2D eigenvalue weighted by molar-refractivity contribution is 6.40. The molecule has 1 heterocycles. The van der Waals surface area contributed by atoms with Crippen LogP contribution < -0.4 is 0 Å². The largest absolute Gasteiger partial charge is 0.234 e. The molecule has 0 N–H and O–H groups in total. The molecule has 0 radical (unpaired) electrons. The Morgan fingerprint density at radius 2 is 1.61 bits per heavy atom. The van der Waals surface area contributed by atoms with Crippen LogP contribution >= 0.6 is 34.8 Å². The number of benzene rings is 1. The Bertz CT molecular complexity index is 559. The second-order valence-electron chi connectivity index (χ2n) is 5.10. The molecule has 1 aromatic carbocycles. The Balaban J connectivity index is 2.68. The first-order valence-corrected chi connectivity index (χ1v) is 6.63. The van der Waals surface area contributed by atoms with Crippen molar-refractivity contribution < 1.29 is 0 Å². The van der Waals surface area contributed by atoms with Crippen molar-refractivity contribution in [2.75, 3.05) is 0 Å². The van der Waals surface area contributed by atoms with Gasteiger partial charge in [0.15, 0.2) is 0 Å². The highest BCUT2D eigenvalue weighted by Crippen LogP contribution is 2.34. The molecular weight excluding hydrogens is 291 g/mol. The van der Waals surface area contributed by atoms with E-state index in [-0.39, 0.29) is 5.41 Å². The molecule has 0 atom stereocenters. The standard InChI is InChI=1S/C13H13Cl3N2/c1-13(2,3)11-4-5-17-18(11)12-9(15)6-8(14)7-10(12)16/h4-7H,1-3H3. The first-order chi connectivity index (χ1) is 8.30. The van der Waals surface area contributed by atoms with Gasteiger partial charge in [-0.3, -0.25) is 0 Å². The molecular formula is C13H13Cl3N2. The topological polar surface area (TPSA) is 17.8 Å². The van der Waals surface area contributed by atoms with Crippen molar-refractivity contribution in [3.8, 4) is 5.69 Å². The molecule has 0 fully saturated rings. The minimum Gasteiger partial charge on any atom is -0.234 e. The van der Waals surface area contributed by atoms with Gasteiger partial charge in [0, 0.05) is 22.3 Å². The van der Waals surface area contributed by atoms with Gasteiger partial charge in [-0.15, -0.1) is 0 Å². The van der Waals surface area contributed by atoms with Crippen molar-refractivity contribution in [1.29, 1.82) is 0 Å². The zero-order chi connectivity index (χ0) is 13.5. The Hall–Kier alpha value is -0.700. The quantitative estimate of drug-likeness (QED) is 0.714. The van der Waals surface area contributed by atoms with Crippen molar-refractivity contribution in [2.45, 2.75) is 26.2 Å². The molecule has 2 aromatic rings. The number of aromatic nitrogens is 2. The first kappa shape index (κ1) is 13.7. The molecule has 0 aliphatic heterocycles. The summed E-state index contributed by atoms with van der Waals surface area (Å²) in [5.74, 6) is 0. The molecule has 0 amide bonds. The van der Waals surface area contributed by atoms with Gasteiger partial charge in [0.05, 0.1) is 10.0 Å². The number of halogens is 3. The van der Waals surface area contributed by atoms with Crippen molar-refractivity contribution in [3.63, 3.8) is 0 Å². The second kappa shape index (κ2) is 4.76. The van der Waals surface area contributed by atoms with Gasteiger partial charge in [0.25, 0.3) is 0 Å². The normalized spacial score (nSPS) is 11.9. The zero-order valence-electron chi connectivity index (χ0n) is 10.3. The van der Waals surface area contributed by atoms with Gasteiger partial charge in [-0.1, -0.05) is 55.6 Å². The molecule has 96 valence electrons. The zero-order valence-corrected chi connectivity index (χ0v) is 12.6. The van der Waals surface area contributed by atoms with Crippen LogP contribution in [0, 0.1) is 0 Å². The maximum Gasteiger partial charge on any atom is 0.102 e. The van der Waals surface area contributed by atoms with Crippen LogP contribution in [0.3, 0.4) is 0 Å². The van der Waals surface area contributed by atoms with Gasteiger partial charge >= 0.3 is 0 Å². The lowest BCUT2D eigenvalue weighted by Crippen LogP contribution is -2.17. The fraction of sp³-hybridized carbons (Fsp3) is 0.308. The lowest BCUT2D eigenvalue weighted by Gasteiger charge is -2.21. The smallest absolute Gasteiger partial charge is 0.102 e. The summed E-state index contributed by atoms with van der Waals surface area (Å²) in [7, 11) is 0. The van der Waals surface area contributed by atoms with Gasteiger partial charge in [-0.05, 0) is 18.2 Å². The maximum absolute atomic E-state index is 6.22. The van der Waals surface area contributed by atoms with Gasteiger partial charge in [0.2, 0.25) is 0 Å². The van der Waals surface area contributed by atoms with Gasteiger partial charge < -0.3 is 0 Å². The Morgan fingerprint density at radius 3 is 2.11 bits per heavy atom. The third-order valence-electron chi connectivity index (χ3n) is 2.60. The molecule has 0 spiro atoms. The van der Waals surface area contributed by atoms with E-state index in [9.17, 15) is 0 Å².